The molecule has 0 radical (unpaired) electrons. The lowest BCUT2D eigenvalue weighted by molar-refractivity contribution is 0.214. The van der Waals surface area contributed by atoms with Crippen LogP contribution in [0.15, 0.2) is 0 Å². The summed E-state index contributed by atoms with van der Waals surface area (Å²) < 4.78 is 0. The Labute approximate surface area is 92.9 Å². The number of amidine groups is 1. The number of likely N-dealkylation sites (N-methyl/N-ethyl adjacent to an activating group) is 1. The third kappa shape index (κ3) is 3.47. The van der Waals surface area contributed by atoms with E-state index in [-0.39, 0.29) is 0 Å². The number of rotatable bonds is 5. The SMILES string of the molecule is CCC(CC(=N)N)N1CCC(N(C)C)C1. The summed E-state index contributed by atoms with van der Waals surface area (Å²) in [5, 5.41) is 7.37. The number of hydrogen-bond donors (Lipinski definition) is 2. The van der Waals surface area contributed by atoms with Gasteiger partial charge in [-0.3, -0.25) is 10.3 Å². The lowest BCUT2D eigenvalue weighted by Crippen LogP contribution is -2.38. The van der Waals surface area contributed by atoms with E-state index in [0.29, 0.717) is 17.9 Å². The van der Waals surface area contributed by atoms with Crippen molar-refractivity contribution < 1.29 is 0 Å². The highest BCUT2D eigenvalue weighted by atomic mass is 15.2. The van der Waals surface area contributed by atoms with Crippen molar-refractivity contribution in [1.29, 1.82) is 5.41 Å². The molecule has 4 heteroatoms. The average molecular weight is 212 g/mol. The zero-order chi connectivity index (χ0) is 11.4. The van der Waals surface area contributed by atoms with Crippen LogP contribution in [0.1, 0.15) is 26.2 Å². The Morgan fingerprint density at radius 3 is 2.67 bits per heavy atom. The Bertz CT molecular complexity index is 215. The molecule has 1 rings (SSSR count). The van der Waals surface area contributed by atoms with E-state index in [1.54, 1.807) is 0 Å². The molecule has 88 valence electrons. The average Bonchev–Trinajstić information content (AvgIpc) is 2.62. The smallest absolute Gasteiger partial charge is 0.0921 e. The molecule has 0 saturated carbocycles. The van der Waals surface area contributed by atoms with E-state index in [4.69, 9.17) is 11.1 Å². The molecule has 0 spiro atoms. The molecule has 1 aliphatic heterocycles. The van der Waals surface area contributed by atoms with Gasteiger partial charge < -0.3 is 10.6 Å². The van der Waals surface area contributed by atoms with E-state index in [0.717, 1.165) is 25.9 Å². The minimum absolute atomic E-state index is 0.315. The molecule has 1 aliphatic rings. The standard InChI is InChI=1S/C11H24N4/c1-4-9(7-11(12)13)15-6-5-10(8-15)14(2)3/h9-10H,4-8H2,1-3H3,(H3,12,13). The van der Waals surface area contributed by atoms with Gasteiger partial charge in [0.05, 0.1) is 5.84 Å². The van der Waals surface area contributed by atoms with E-state index >= 15 is 0 Å². The van der Waals surface area contributed by atoms with E-state index < -0.39 is 0 Å². The van der Waals surface area contributed by atoms with Gasteiger partial charge in [-0.2, -0.15) is 0 Å². The molecule has 1 heterocycles. The van der Waals surface area contributed by atoms with Gasteiger partial charge in [-0.15, -0.1) is 0 Å². The van der Waals surface area contributed by atoms with Crippen LogP contribution in [0, 0.1) is 5.41 Å². The quantitative estimate of drug-likeness (QED) is 0.522. The highest BCUT2D eigenvalue weighted by Gasteiger charge is 2.28. The Kier molecular flexibility index (Phi) is 4.54. The second-order valence-corrected chi connectivity index (χ2v) is 4.69. The summed E-state index contributed by atoms with van der Waals surface area (Å²) >= 11 is 0. The number of likely N-dealkylation sites (tertiary alicyclic amines) is 1. The predicted octanol–water partition coefficient (Wildman–Crippen LogP) is 0.727. The molecule has 1 saturated heterocycles. The summed E-state index contributed by atoms with van der Waals surface area (Å²) in [6.45, 7) is 4.45. The first-order chi connectivity index (χ1) is 7.04. The first kappa shape index (κ1) is 12.5. The summed E-state index contributed by atoms with van der Waals surface area (Å²) in [5.74, 6) is 0.315. The summed E-state index contributed by atoms with van der Waals surface area (Å²) in [6, 6.07) is 1.14. The van der Waals surface area contributed by atoms with Gasteiger partial charge in [0, 0.05) is 31.6 Å². The van der Waals surface area contributed by atoms with Crippen molar-refractivity contribution in [1.82, 2.24) is 9.80 Å². The molecule has 4 nitrogen and oxygen atoms in total. The molecule has 15 heavy (non-hydrogen) atoms. The second kappa shape index (κ2) is 5.47. The van der Waals surface area contributed by atoms with E-state index in [1.807, 2.05) is 0 Å². The van der Waals surface area contributed by atoms with E-state index in [1.165, 1.54) is 6.42 Å². The summed E-state index contributed by atoms with van der Waals surface area (Å²) in [6.07, 6.45) is 3.04. The lowest BCUT2D eigenvalue weighted by Gasteiger charge is -2.27. The molecule has 0 aromatic carbocycles. The third-order valence-electron chi connectivity index (χ3n) is 3.37. The van der Waals surface area contributed by atoms with Gasteiger partial charge in [-0.1, -0.05) is 6.92 Å². The Hall–Kier alpha value is -0.610. The molecule has 0 aliphatic carbocycles. The highest BCUT2D eigenvalue weighted by molar-refractivity contribution is 5.77. The third-order valence-corrected chi connectivity index (χ3v) is 3.37. The molecule has 3 N–H and O–H groups in total. The van der Waals surface area contributed by atoms with E-state index in [2.05, 4.69) is 30.8 Å². The van der Waals surface area contributed by atoms with Gasteiger partial charge in [0.2, 0.25) is 0 Å². The van der Waals surface area contributed by atoms with Gasteiger partial charge in [-0.05, 0) is 26.9 Å². The maximum atomic E-state index is 7.37. The zero-order valence-electron chi connectivity index (χ0n) is 10.2. The fourth-order valence-electron chi connectivity index (χ4n) is 2.31. The highest BCUT2D eigenvalue weighted by Crippen LogP contribution is 2.19. The lowest BCUT2D eigenvalue weighted by atomic mass is 10.1. The van der Waals surface area contributed by atoms with Gasteiger partial charge in [0.25, 0.3) is 0 Å². The Balaban J connectivity index is 2.46. The van der Waals surface area contributed by atoms with E-state index in [9.17, 15) is 0 Å². The molecule has 0 bridgehead atoms. The van der Waals surface area contributed by atoms with Crippen molar-refractivity contribution in [3.63, 3.8) is 0 Å². The normalized spacial score (nSPS) is 24.7. The molecule has 2 atom stereocenters. The van der Waals surface area contributed by atoms with Crippen molar-refractivity contribution in [3.8, 4) is 0 Å². The van der Waals surface area contributed by atoms with Crippen molar-refractivity contribution in [2.75, 3.05) is 27.2 Å². The van der Waals surface area contributed by atoms with Crippen LogP contribution < -0.4 is 5.73 Å². The molecule has 0 amide bonds. The first-order valence-electron chi connectivity index (χ1n) is 5.78. The van der Waals surface area contributed by atoms with Crippen molar-refractivity contribution >= 4 is 5.84 Å². The van der Waals surface area contributed by atoms with Crippen LogP contribution in [-0.4, -0.2) is 54.9 Å². The van der Waals surface area contributed by atoms with Gasteiger partial charge in [-0.25, -0.2) is 0 Å². The van der Waals surface area contributed by atoms with Crippen LogP contribution >= 0.6 is 0 Å². The first-order valence-corrected chi connectivity index (χ1v) is 5.78. The fourth-order valence-corrected chi connectivity index (χ4v) is 2.31. The monoisotopic (exact) mass is 212 g/mol. The summed E-state index contributed by atoms with van der Waals surface area (Å²) in [5.41, 5.74) is 5.48. The summed E-state index contributed by atoms with van der Waals surface area (Å²) in [7, 11) is 4.28. The van der Waals surface area contributed by atoms with Gasteiger partial charge >= 0.3 is 0 Å². The molecular weight excluding hydrogens is 188 g/mol. The molecule has 2 unspecified atom stereocenters. The van der Waals surface area contributed by atoms with Crippen LogP contribution in [-0.2, 0) is 0 Å². The van der Waals surface area contributed by atoms with Crippen molar-refractivity contribution in [2.45, 2.75) is 38.3 Å². The zero-order valence-corrected chi connectivity index (χ0v) is 10.2. The minimum Gasteiger partial charge on any atom is -0.388 e. The Morgan fingerprint density at radius 1 is 1.60 bits per heavy atom. The van der Waals surface area contributed by atoms with Crippen LogP contribution in [0.25, 0.3) is 0 Å². The molecule has 0 aromatic heterocycles. The maximum absolute atomic E-state index is 7.37. The topological polar surface area (TPSA) is 56.4 Å². The summed E-state index contributed by atoms with van der Waals surface area (Å²) in [4.78, 5) is 4.77. The van der Waals surface area contributed by atoms with Crippen LogP contribution in [0.2, 0.25) is 0 Å². The number of hydrogen-bond acceptors (Lipinski definition) is 3. The van der Waals surface area contributed by atoms with Gasteiger partial charge in [0.1, 0.15) is 0 Å². The number of nitrogens with one attached hydrogen (secondary N) is 1. The van der Waals surface area contributed by atoms with Crippen molar-refractivity contribution in [2.24, 2.45) is 5.73 Å². The maximum Gasteiger partial charge on any atom is 0.0921 e. The van der Waals surface area contributed by atoms with Crippen LogP contribution in [0.4, 0.5) is 0 Å². The minimum atomic E-state index is 0.315. The molecule has 0 aromatic rings. The Morgan fingerprint density at radius 2 is 2.27 bits per heavy atom. The second-order valence-electron chi connectivity index (χ2n) is 4.69. The van der Waals surface area contributed by atoms with Crippen LogP contribution in [0.3, 0.4) is 0 Å². The number of nitrogens with zero attached hydrogens (tertiary/aromatic N) is 2. The largest absolute Gasteiger partial charge is 0.388 e. The molecular formula is C11H24N4. The fraction of sp³-hybridized carbons (Fsp3) is 0.909. The van der Waals surface area contributed by atoms with Crippen LogP contribution in [0.5, 0.6) is 0 Å². The number of nitrogens with two attached hydrogens (primary N) is 1. The predicted molar refractivity (Wildman–Crippen MR) is 64.3 cm³/mol. The van der Waals surface area contributed by atoms with Crippen molar-refractivity contribution in [3.05, 3.63) is 0 Å². The van der Waals surface area contributed by atoms with Gasteiger partial charge in [0.15, 0.2) is 0 Å². The molecule has 1 fully saturated rings.